The number of rotatable bonds is 5. The van der Waals surface area contributed by atoms with Crippen molar-refractivity contribution in [3.63, 3.8) is 0 Å². The van der Waals surface area contributed by atoms with Gasteiger partial charge in [-0.05, 0) is 30.3 Å². The number of halogens is 1. The molecule has 2 heterocycles. The summed E-state index contributed by atoms with van der Waals surface area (Å²) in [5.41, 5.74) is 1.33. The van der Waals surface area contributed by atoms with Gasteiger partial charge in [0.05, 0.1) is 16.0 Å². The molecule has 130 valence electrons. The summed E-state index contributed by atoms with van der Waals surface area (Å²) in [5, 5.41) is 11.3. The van der Waals surface area contributed by atoms with Crippen molar-refractivity contribution >= 4 is 44.4 Å². The van der Waals surface area contributed by atoms with Gasteiger partial charge in [-0.15, -0.1) is 10.2 Å². The number of amides is 1. The Morgan fingerprint density at radius 2 is 2.08 bits per heavy atom. The number of nitrogens with zero attached hydrogens (tertiary/aromatic N) is 3. The number of thiazole rings is 1. The summed E-state index contributed by atoms with van der Waals surface area (Å²) >= 11 is 2.52. The van der Waals surface area contributed by atoms with Gasteiger partial charge in [-0.25, -0.2) is 9.37 Å². The second-order valence-corrected chi connectivity index (χ2v) is 7.16. The fourth-order valence-corrected chi connectivity index (χ4v) is 3.66. The van der Waals surface area contributed by atoms with E-state index in [1.807, 2.05) is 24.3 Å². The molecule has 1 amide bonds. The van der Waals surface area contributed by atoms with Crippen molar-refractivity contribution in [2.75, 3.05) is 11.1 Å². The van der Waals surface area contributed by atoms with Gasteiger partial charge in [-0.3, -0.25) is 4.79 Å². The standard InChI is InChI=1S/C17H11FN4O2S2/c18-11-5-3-4-10(8-11)15-21-22-17(24-15)25-9-14(23)20-16-19-12-6-1-2-7-13(12)26-16/h1-8H,9H2,(H,19,20,23). The Morgan fingerprint density at radius 3 is 2.92 bits per heavy atom. The van der Waals surface area contributed by atoms with Crippen LogP contribution >= 0.6 is 23.1 Å². The first-order valence-electron chi connectivity index (χ1n) is 7.55. The van der Waals surface area contributed by atoms with Crippen LogP contribution in [-0.4, -0.2) is 26.8 Å². The quantitative estimate of drug-likeness (QED) is 0.517. The highest BCUT2D eigenvalue weighted by molar-refractivity contribution is 7.99. The number of anilines is 1. The molecule has 0 unspecified atom stereocenters. The summed E-state index contributed by atoms with van der Waals surface area (Å²) in [4.78, 5) is 16.4. The molecule has 0 radical (unpaired) electrons. The molecule has 0 bridgehead atoms. The number of benzene rings is 2. The SMILES string of the molecule is O=C(CSc1nnc(-c2cccc(F)c2)o1)Nc1nc2ccccc2s1. The van der Waals surface area contributed by atoms with Crippen LogP contribution < -0.4 is 5.32 Å². The Balaban J connectivity index is 1.37. The number of hydrogen-bond acceptors (Lipinski definition) is 7. The number of fused-ring (bicyclic) bond motifs is 1. The highest BCUT2D eigenvalue weighted by Gasteiger charge is 2.13. The van der Waals surface area contributed by atoms with E-state index >= 15 is 0 Å². The van der Waals surface area contributed by atoms with Crippen molar-refractivity contribution in [2.24, 2.45) is 0 Å². The summed E-state index contributed by atoms with van der Waals surface area (Å²) in [5.74, 6) is -0.302. The van der Waals surface area contributed by atoms with Gasteiger partial charge < -0.3 is 9.73 Å². The second-order valence-electron chi connectivity index (χ2n) is 5.21. The number of para-hydroxylation sites is 1. The van der Waals surface area contributed by atoms with E-state index in [0.717, 1.165) is 22.0 Å². The molecule has 4 rings (SSSR count). The van der Waals surface area contributed by atoms with Crippen molar-refractivity contribution in [3.05, 3.63) is 54.3 Å². The lowest BCUT2D eigenvalue weighted by Crippen LogP contribution is -2.13. The molecule has 0 saturated carbocycles. The Bertz CT molecular complexity index is 1050. The normalized spacial score (nSPS) is 11.0. The molecule has 0 aliphatic heterocycles. The molecule has 2 aromatic heterocycles. The van der Waals surface area contributed by atoms with Crippen LogP contribution in [0.2, 0.25) is 0 Å². The van der Waals surface area contributed by atoms with Crippen LogP contribution in [0, 0.1) is 5.82 Å². The Labute approximate surface area is 155 Å². The van der Waals surface area contributed by atoms with E-state index in [2.05, 4.69) is 20.5 Å². The van der Waals surface area contributed by atoms with Crippen LogP contribution in [0.3, 0.4) is 0 Å². The van der Waals surface area contributed by atoms with Crippen molar-refractivity contribution < 1.29 is 13.6 Å². The van der Waals surface area contributed by atoms with Crippen LogP contribution in [0.1, 0.15) is 0 Å². The van der Waals surface area contributed by atoms with Gasteiger partial charge in [-0.2, -0.15) is 0 Å². The molecule has 0 atom stereocenters. The van der Waals surface area contributed by atoms with Gasteiger partial charge in [0.25, 0.3) is 5.22 Å². The molecule has 0 spiro atoms. The molecule has 0 fully saturated rings. The summed E-state index contributed by atoms with van der Waals surface area (Å²) in [6.45, 7) is 0. The van der Waals surface area contributed by atoms with E-state index in [4.69, 9.17) is 4.42 Å². The number of carbonyl (C=O) groups excluding carboxylic acids is 1. The van der Waals surface area contributed by atoms with Gasteiger partial charge in [0.15, 0.2) is 5.13 Å². The zero-order valence-corrected chi connectivity index (χ0v) is 14.8. The van der Waals surface area contributed by atoms with E-state index in [-0.39, 0.29) is 28.6 Å². The summed E-state index contributed by atoms with van der Waals surface area (Å²) in [6, 6.07) is 13.5. The third kappa shape index (κ3) is 3.73. The summed E-state index contributed by atoms with van der Waals surface area (Å²) in [7, 11) is 0. The Kier molecular flexibility index (Phi) is 4.63. The van der Waals surface area contributed by atoms with Gasteiger partial charge >= 0.3 is 0 Å². The van der Waals surface area contributed by atoms with Crippen LogP contribution in [0.25, 0.3) is 21.7 Å². The van der Waals surface area contributed by atoms with E-state index in [1.165, 1.54) is 23.5 Å². The molecule has 6 nitrogen and oxygen atoms in total. The van der Waals surface area contributed by atoms with Gasteiger partial charge in [0.2, 0.25) is 11.8 Å². The third-order valence-corrected chi connectivity index (χ3v) is 5.12. The monoisotopic (exact) mass is 386 g/mol. The maximum Gasteiger partial charge on any atom is 0.277 e. The average Bonchev–Trinajstić information content (AvgIpc) is 3.26. The summed E-state index contributed by atoms with van der Waals surface area (Å²) < 4.78 is 19.7. The van der Waals surface area contributed by atoms with Crippen molar-refractivity contribution in [3.8, 4) is 11.5 Å². The van der Waals surface area contributed by atoms with Crippen molar-refractivity contribution in [2.45, 2.75) is 5.22 Å². The molecule has 2 aromatic carbocycles. The van der Waals surface area contributed by atoms with E-state index in [9.17, 15) is 9.18 Å². The first-order chi connectivity index (χ1) is 12.7. The maximum atomic E-state index is 13.2. The van der Waals surface area contributed by atoms with Crippen molar-refractivity contribution in [1.29, 1.82) is 0 Å². The smallest absolute Gasteiger partial charge is 0.277 e. The van der Waals surface area contributed by atoms with E-state index in [1.54, 1.807) is 12.1 Å². The van der Waals surface area contributed by atoms with Crippen LogP contribution in [0.4, 0.5) is 9.52 Å². The molecule has 0 aliphatic carbocycles. The minimum atomic E-state index is -0.384. The van der Waals surface area contributed by atoms with Crippen LogP contribution in [0.15, 0.2) is 58.2 Å². The largest absolute Gasteiger partial charge is 0.411 e. The minimum Gasteiger partial charge on any atom is -0.411 e. The molecule has 9 heteroatoms. The summed E-state index contributed by atoms with van der Waals surface area (Å²) in [6.07, 6.45) is 0. The zero-order chi connectivity index (χ0) is 17.9. The van der Waals surface area contributed by atoms with Crippen molar-refractivity contribution in [1.82, 2.24) is 15.2 Å². The molecule has 1 N–H and O–H groups in total. The minimum absolute atomic E-state index is 0.0979. The number of thioether (sulfide) groups is 1. The molecule has 4 aromatic rings. The topological polar surface area (TPSA) is 80.9 Å². The predicted octanol–water partition coefficient (Wildman–Crippen LogP) is 4.22. The highest BCUT2D eigenvalue weighted by Crippen LogP contribution is 2.26. The third-order valence-electron chi connectivity index (χ3n) is 3.35. The predicted molar refractivity (Wildman–Crippen MR) is 98.7 cm³/mol. The second kappa shape index (κ2) is 7.22. The van der Waals surface area contributed by atoms with Gasteiger partial charge in [0, 0.05) is 5.56 Å². The molecule has 26 heavy (non-hydrogen) atoms. The number of carbonyl (C=O) groups is 1. The number of nitrogens with one attached hydrogen (secondary N) is 1. The zero-order valence-electron chi connectivity index (χ0n) is 13.2. The van der Waals surface area contributed by atoms with Gasteiger partial charge in [0.1, 0.15) is 5.82 Å². The van der Waals surface area contributed by atoms with Gasteiger partial charge in [-0.1, -0.05) is 41.3 Å². The fraction of sp³-hybridized carbons (Fsp3) is 0.0588. The molecular formula is C17H11FN4O2S2. The van der Waals surface area contributed by atoms with E-state index in [0.29, 0.717) is 10.7 Å². The maximum absolute atomic E-state index is 13.2. The Hall–Kier alpha value is -2.78. The Morgan fingerprint density at radius 1 is 1.19 bits per heavy atom. The highest BCUT2D eigenvalue weighted by atomic mass is 32.2. The van der Waals surface area contributed by atoms with Crippen LogP contribution in [0.5, 0.6) is 0 Å². The number of aromatic nitrogens is 3. The molecule has 0 aliphatic rings. The first-order valence-corrected chi connectivity index (χ1v) is 9.35. The lowest BCUT2D eigenvalue weighted by atomic mass is 10.2. The lowest BCUT2D eigenvalue weighted by molar-refractivity contribution is -0.113. The number of hydrogen-bond donors (Lipinski definition) is 1. The average molecular weight is 386 g/mol. The molecular weight excluding hydrogens is 375 g/mol. The fourth-order valence-electron chi connectivity index (χ4n) is 2.21. The van der Waals surface area contributed by atoms with Crippen LogP contribution in [-0.2, 0) is 4.79 Å². The lowest BCUT2D eigenvalue weighted by Gasteiger charge is -1.98. The molecule has 0 saturated heterocycles. The van der Waals surface area contributed by atoms with E-state index < -0.39 is 0 Å². The first kappa shape index (κ1) is 16.7.